The maximum Gasteiger partial charge on any atom is 0.177 e. The molecule has 1 unspecified atom stereocenters. The number of halogens is 4. The van der Waals surface area contributed by atoms with Gasteiger partial charge in [0.05, 0.1) is 9.85 Å². The van der Waals surface area contributed by atoms with Gasteiger partial charge in [-0.05, 0) is 24.6 Å². The molecule has 0 radical (unpaired) electrons. The second-order valence-corrected chi connectivity index (χ2v) is 5.26. The van der Waals surface area contributed by atoms with Crippen LogP contribution in [0.5, 0.6) is 0 Å². The van der Waals surface area contributed by atoms with Crippen molar-refractivity contribution in [3.8, 4) is 0 Å². The van der Waals surface area contributed by atoms with Crippen LogP contribution in [0.2, 0.25) is 10.0 Å². The van der Waals surface area contributed by atoms with Crippen LogP contribution in [0.3, 0.4) is 0 Å². The van der Waals surface area contributed by atoms with Crippen molar-refractivity contribution in [3.05, 3.63) is 33.8 Å². The molecule has 1 atom stereocenters. The summed E-state index contributed by atoms with van der Waals surface area (Å²) in [5.41, 5.74) is 0.466. The Kier molecular flexibility index (Phi) is 5.41. The first-order valence-corrected chi connectivity index (χ1v) is 6.46. The minimum atomic E-state index is -0.298. The summed E-state index contributed by atoms with van der Waals surface area (Å²) in [6.07, 6.45) is 0.569. The van der Waals surface area contributed by atoms with Crippen LogP contribution in [0.4, 0.5) is 0 Å². The number of carbonyl (C=O) groups excluding carboxylic acids is 1. The first-order chi connectivity index (χ1) is 7.06. The van der Waals surface area contributed by atoms with Crippen LogP contribution in [-0.4, -0.2) is 16.5 Å². The third kappa shape index (κ3) is 3.63. The lowest BCUT2D eigenvalue weighted by atomic mass is 10.1. The van der Waals surface area contributed by atoms with Crippen molar-refractivity contribution in [2.24, 2.45) is 0 Å². The highest BCUT2D eigenvalue weighted by molar-refractivity contribution is 9.10. The predicted molar refractivity (Wildman–Crippen MR) is 68.8 cm³/mol. The molecular weight excluding hydrogens is 322 g/mol. The second-order valence-electron chi connectivity index (χ2n) is 2.93. The van der Waals surface area contributed by atoms with Crippen LogP contribution in [0.1, 0.15) is 16.8 Å². The molecule has 15 heavy (non-hydrogen) atoms. The molecule has 0 saturated heterocycles. The van der Waals surface area contributed by atoms with Crippen LogP contribution in [0.25, 0.3) is 0 Å². The molecule has 5 heteroatoms. The van der Waals surface area contributed by atoms with Gasteiger partial charge in [0.1, 0.15) is 0 Å². The van der Waals surface area contributed by atoms with Gasteiger partial charge < -0.3 is 0 Å². The molecule has 1 nitrogen and oxygen atoms in total. The molecular formula is C10H8BrCl3O. The third-order valence-corrected chi connectivity index (χ3v) is 3.48. The third-order valence-electron chi connectivity index (χ3n) is 1.84. The zero-order valence-corrected chi connectivity index (χ0v) is 11.5. The number of Topliss-reactive ketones (excluding diaryl/α,β-unsaturated/α-hetero) is 1. The highest BCUT2D eigenvalue weighted by Crippen LogP contribution is 2.24. The van der Waals surface area contributed by atoms with E-state index in [1.807, 2.05) is 0 Å². The van der Waals surface area contributed by atoms with Crippen molar-refractivity contribution in [2.45, 2.75) is 11.2 Å². The van der Waals surface area contributed by atoms with Gasteiger partial charge in [0.2, 0.25) is 0 Å². The van der Waals surface area contributed by atoms with E-state index in [-0.39, 0.29) is 10.6 Å². The summed E-state index contributed by atoms with van der Waals surface area (Å²) in [7, 11) is 0. The normalized spacial score (nSPS) is 12.5. The summed E-state index contributed by atoms with van der Waals surface area (Å²) in [6.45, 7) is 0. The van der Waals surface area contributed by atoms with Gasteiger partial charge in [0.25, 0.3) is 0 Å². The summed E-state index contributed by atoms with van der Waals surface area (Å²) in [5, 5.41) is 0.881. The Morgan fingerprint density at radius 2 is 2.07 bits per heavy atom. The molecule has 0 aliphatic rings. The van der Waals surface area contributed by atoms with E-state index in [0.717, 1.165) is 0 Å². The Morgan fingerprint density at radius 3 is 2.60 bits per heavy atom. The SMILES string of the molecule is O=C(c1ccc(Cl)cc1Cl)C(Br)CCCl. The predicted octanol–water partition coefficient (Wildman–Crippen LogP) is 4.57. The largest absolute Gasteiger partial charge is 0.293 e. The minimum absolute atomic E-state index is 0.0719. The summed E-state index contributed by atoms with van der Waals surface area (Å²) < 4.78 is 0. The minimum Gasteiger partial charge on any atom is -0.293 e. The Labute approximate surface area is 112 Å². The molecule has 1 rings (SSSR count). The van der Waals surface area contributed by atoms with Crippen molar-refractivity contribution in [1.29, 1.82) is 0 Å². The molecule has 0 aromatic heterocycles. The number of rotatable bonds is 4. The quantitative estimate of drug-likeness (QED) is 0.584. The fourth-order valence-electron chi connectivity index (χ4n) is 1.08. The summed E-state index contributed by atoms with van der Waals surface area (Å²) in [5.74, 6) is 0.352. The van der Waals surface area contributed by atoms with Crippen LogP contribution in [-0.2, 0) is 0 Å². The molecule has 0 heterocycles. The van der Waals surface area contributed by atoms with Gasteiger partial charge in [-0.2, -0.15) is 0 Å². The molecule has 82 valence electrons. The smallest absolute Gasteiger partial charge is 0.177 e. The Balaban J connectivity index is 2.91. The van der Waals surface area contributed by atoms with Gasteiger partial charge in [-0.3, -0.25) is 4.79 Å². The molecule has 0 fully saturated rings. The molecule has 0 bridgehead atoms. The highest BCUT2D eigenvalue weighted by atomic mass is 79.9. The fraction of sp³-hybridized carbons (Fsp3) is 0.300. The van der Waals surface area contributed by atoms with E-state index in [9.17, 15) is 4.79 Å². The van der Waals surface area contributed by atoms with Crippen molar-refractivity contribution in [3.63, 3.8) is 0 Å². The Morgan fingerprint density at radius 1 is 1.40 bits per heavy atom. The number of hydrogen-bond donors (Lipinski definition) is 0. The lowest BCUT2D eigenvalue weighted by Gasteiger charge is -2.08. The first-order valence-electron chi connectivity index (χ1n) is 4.25. The average Bonchev–Trinajstić information content (AvgIpc) is 2.17. The molecule has 0 aliphatic carbocycles. The lowest BCUT2D eigenvalue weighted by molar-refractivity contribution is 0.0990. The van der Waals surface area contributed by atoms with Crippen LogP contribution < -0.4 is 0 Å². The number of ketones is 1. The summed E-state index contributed by atoms with van der Waals surface area (Å²) in [4.78, 5) is 11.5. The molecule has 0 amide bonds. The average molecular weight is 330 g/mol. The van der Waals surface area contributed by atoms with E-state index >= 15 is 0 Å². The maximum absolute atomic E-state index is 11.8. The van der Waals surface area contributed by atoms with Crippen molar-refractivity contribution in [2.75, 3.05) is 5.88 Å². The van der Waals surface area contributed by atoms with Gasteiger partial charge in [0, 0.05) is 16.5 Å². The van der Waals surface area contributed by atoms with Crippen molar-refractivity contribution < 1.29 is 4.79 Å². The van der Waals surface area contributed by atoms with Crippen LogP contribution in [0.15, 0.2) is 18.2 Å². The van der Waals surface area contributed by atoms with E-state index in [4.69, 9.17) is 34.8 Å². The van der Waals surface area contributed by atoms with Gasteiger partial charge in [-0.1, -0.05) is 39.1 Å². The fourth-order valence-corrected chi connectivity index (χ4v) is 2.54. The van der Waals surface area contributed by atoms with E-state index in [0.29, 0.717) is 27.9 Å². The van der Waals surface area contributed by atoms with Gasteiger partial charge >= 0.3 is 0 Å². The van der Waals surface area contributed by atoms with Crippen molar-refractivity contribution in [1.82, 2.24) is 0 Å². The standard InChI is InChI=1S/C10H8BrCl3O/c11-8(3-4-12)10(15)7-2-1-6(13)5-9(7)14/h1-2,5,8H,3-4H2. The molecule has 0 saturated carbocycles. The molecule has 1 aromatic rings. The molecule has 0 N–H and O–H groups in total. The van der Waals surface area contributed by atoms with Crippen molar-refractivity contribution >= 4 is 56.5 Å². The summed E-state index contributed by atoms with van der Waals surface area (Å²) >= 11 is 20.5. The lowest BCUT2D eigenvalue weighted by Crippen LogP contribution is -2.15. The Hall–Kier alpha value is 0.240. The number of carbonyl (C=O) groups is 1. The number of benzene rings is 1. The number of alkyl halides is 2. The van der Waals surface area contributed by atoms with Gasteiger partial charge in [-0.15, -0.1) is 11.6 Å². The van der Waals surface area contributed by atoms with E-state index in [2.05, 4.69) is 15.9 Å². The van der Waals surface area contributed by atoms with E-state index < -0.39 is 0 Å². The van der Waals surface area contributed by atoms with Gasteiger partial charge in [-0.25, -0.2) is 0 Å². The molecule has 1 aromatic carbocycles. The number of hydrogen-bond acceptors (Lipinski definition) is 1. The molecule has 0 aliphatic heterocycles. The maximum atomic E-state index is 11.8. The van der Waals surface area contributed by atoms with Crippen LogP contribution >= 0.6 is 50.7 Å². The van der Waals surface area contributed by atoms with E-state index in [1.165, 1.54) is 0 Å². The molecule has 0 spiro atoms. The zero-order valence-electron chi connectivity index (χ0n) is 7.64. The summed E-state index contributed by atoms with van der Waals surface area (Å²) in [6, 6.07) is 4.81. The van der Waals surface area contributed by atoms with Gasteiger partial charge in [0.15, 0.2) is 5.78 Å². The zero-order chi connectivity index (χ0) is 11.4. The second kappa shape index (κ2) is 6.09. The Bertz CT molecular complexity index is 368. The first kappa shape index (κ1) is 13.3. The monoisotopic (exact) mass is 328 g/mol. The topological polar surface area (TPSA) is 17.1 Å². The highest BCUT2D eigenvalue weighted by Gasteiger charge is 2.18. The van der Waals surface area contributed by atoms with Crippen LogP contribution in [0, 0.1) is 0 Å². The van der Waals surface area contributed by atoms with E-state index in [1.54, 1.807) is 18.2 Å².